The predicted molar refractivity (Wildman–Crippen MR) is 108 cm³/mol. The molecule has 1 aliphatic heterocycles. The predicted octanol–water partition coefficient (Wildman–Crippen LogP) is 3.78. The van der Waals surface area contributed by atoms with E-state index in [2.05, 4.69) is 27.8 Å². The van der Waals surface area contributed by atoms with Gasteiger partial charge in [-0.2, -0.15) is 0 Å². The van der Waals surface area contributed by atoms with Crippen molar-refractivity contribution < 1.29 is 9.53 Å². The Hall–Kier alpha value is -2.30. The van der Waals surface area contributed by atoms with E-state index >= 15 is 0 Å². The highest BCUT2D eigenvalue weighted by Crippen LogP contribution is 2.34. The first-order valence-electron chi connectivity index (χ1n) is 10.1. The molecule has 0 bridgehead atoms. The summed E-state index contributed by atoms with van der Waals surface area (Å²) in [7, 11) is 1.69. The molecule has 2 fully saturated rings. The van der Waals surface area contributed by atoms with Gasteiger partial charge in [-0.3, -0.25) is 9.78 Å². The molecule has 1 aromatic carbocycles. The summed E-state index contributed by atoms with van der Waals surface area (Å²) in [5.41, 5.74) is 3.30. The number of aryl methyl sites for hydroxylation is 1. The number of aromatic nitrogens is 1. The molecule has 144 valence electrons. The van der Waals surface area contributed by atoms with Crippen molar-refractivity contribution in [3.05, 3.63) is 30.0 Å². The number of fused-ring (bicyclic) bond motifs is 1. The zero-order chi connectivity index (χ0) is 18.8. The van der Waals surface area contributed by atoms with E-state index in [4.69, 9.17) is 4.74 Å². The molecule has 0 spiro atoms. The summed E-state index contributed by atoms with van der Waals surface area (Å²) in [6.07, 6.45) is 7.79. The number of pyridine rings is 1. The van der Waals surface area contributed by atoms with Crippen molar-refractivity contribution >= 4 is 22.5 Å². The molecule has 2 aliphatic rings. The zero-order valence-electron chi connectivity index (χ0n) is 16.4. The quantitative estimate of drug-likeness (QED) is 0.828. The normalized spacial score (nSPS) is 18.7. The van der Waals surface area contributed by atoms with Crippen molar-refractivity contribution in [2.24, 2.45) is 5.92 Å². The van der Waals surface area contributed by atoms with Gasteiger partial charge in [-0.1, -0.05) is 31.4 Å². The maximum atomic E-state index is 12.8. The summed E-state index contributed by atoms with van der Waals surface area (Å²) in [6.45, 7) is 5.47. The van der Waals surface area contributed by atoms with E-state index in [1.54, 1.807) is 7.11 Å². The fraction of sp³-hybridized carbons (Fsp3) is 0.545. The van der Waals surface area contributed by atoms with Gasteiger partial charge in [0.25, 0.3) is 0 Å². The molecular formula is C22H29N3O2. The van der Waals surface area contributed by atoms with Crippen LogP contribution in [0.4, 0.5) is 5.69 Å². The molecule has 27 heavy (non-hydrogen) atoms. The lowest BCUT2D eigenvalue weighted by Gasteiger charge is -2.39. The standard InChI is InChI=1S/C22H29N3O2/c1-16-15-23-20-18(9-6-10-19(20)27-2)21(16)24-11-13-25(14-12-24)22(26)17-7-4-3-5-8-17/h6,9-10,15,17H,3-5,7-8,11-14H2,1-2H3. The number of anilines is 1. The second kappa shape index (κ2) is 7.75. The van der Waals surface area contributed by atoms with Gasteiger partial charge in [-0.15, -0.1) is 0 Å². The number of hydrogen-bond donors (Lipinski definition) is 0. The first-order valence-corrected chi connectivity index (χ1v) is 10.1. The number of rotatable bonds is 3. The molecule has 5 heteroatoms. The molecule has 0 radical (unpaired) electrons. The van der Waals surface area contributed by atoms with Crippen LogP contribution in [0.25, 0.3) is 10.9 Å². The zero-order valence-corrected chi connectivity index (χ0v) is 16.4. The van der Waals surface area contributed by atoms with Crippen molar-refractivity contribution in [1.29, 1.82) is 0 Å². The maximum absolute atomic E-state index is 12.8. The molecule has 1 amide bonds. The summed E-state index contributed by atoms with van der Waals surface area (Å²) in [6, 6.07) is 6.09. The van der Waals surface area contributed by atoms with E-state index in [9.17, 15) is 4.79 Å². The molecule has 1 aromatic heterocycles. The number of amides is 1. The van der Waals surface area contributed by atoms with Gasteiger partial charge in [-0.25, -0.2) is 0 Å². The Balaban J connectivity index is 1.53. The largest absolute Gasteiger partial charge is 0.494 e. The highest BCUT2D eigenvalue weighted by molar-refractivity contribution is 5.96. The van der Waals surface area contributed by atoms with Gasteiger partial charge in [0.2, 0.25) is 5.91 Å². The Morgan fingerprint density at radius 2 is 1.85 bits per heavy atom. The Kier molecular flexibility index (Phi) is 5.19. The van der Waals surface area contributed by atoms with Crippen LogP contribution in [0.2, 0.25) is 0 Å². The molecule has 4 rings (SSSR count). The Bertz CT molecular complexity index is 822. The Labute approximate surface area is 161 Å². The molecule has 5 nitrogen and oxygen atoms in total. The summed E-state index contributed by atoms with van der Waals surface area (Å²) >= 11 is 0. The van der Waals surface area contributed by atoms with Crippen LogP contribution in [0.1, 0.15) is 37.7 Å². The molecule has 1 saturated carbocycles. The van der Waals surface area contributed by atoms with Gasteiger partial charge in [0.05, 0.1) is 12.8 Å². The number of carbonyl (C=O) groups is 1. The summed E-state index contributed by atoms with van der Waals surface area (Å²) < 4.78 is 5.49. The van der Waals surface area contributed by atoms with Gasteiger partial charge in [0.1, 0.15) is 11.3 Å². The molecule has 2 aromatic rings. The van der Waals surface area contributed by atoms with Crippen LogP contribution in [-0.4, -0.2) is 49.1 Å². The van der Waals surface area contributed by atoms with Crippen molar-refractivity contribution in [2.75, 3.05) is 38.2 Å². The second-order valence-electron chi connectivity index (χ2n) is 7.79. The van der Waals surface area contributed by atoms with E-state index in [0.29, 0.717) is 5.91 Å². The number of para-hydroxylation sites is 1. The molecule has 2 heterocycles. The summed E-state index contributed by atoms with van der Waals surface area (Å²) in [5, 5.41) is 1.13. The van der Waals surface area contributed by atoms with Crippen molar-refractivity contribution in [2.45, 2.75) is 39.0 Å². The van der Waals surface area contributed by atoms with Gasteiger partial charge in [-0.05, 0) is 31.4 Å². The molecule has 1 saturated heterocycles. The lowest BCUT2D eigenvalue weighted by molar-refractivity contribution is -0.136. The third kappa shape index (κ3) is 3.47. The van der Waals surface area contributed by atoms with E-state index in [-0.39, 0.29) is 5.92 Å². The molecule has 0 unspecified atom stereocenters. The minimum absolute atomic E-state index is 0.262. The highest BCUT2D eigenvalue weighted by atomic mass is 16.5. The van der Waals surface area contributed by atoms with Crippen LogP contribution >= 0.6 is 0 Å². The van der Waals surface area contributed by atoms with Crippen molar-refractivity contribution in [3.8, 4) is 5.75 Å². The molecular weight excluding hydrogens is 338 g/mol. The molecule has 1 aliphatic carbocycles. The van der Waals surface area contributed by atoms with E-state index in [1.807, 2.05) is 18.3 Å². The highest BCUT2D eigenvalue weighted by Gasteiger charge is 2.29. The lowest BCUT2D eigenvalue weighted by atomic mass is 9.88. The van der Waals surface area contributed by atoms with Gasteiger partial charge in [0, 0.05) is 43.7 Å². The summed E-state index contributed by atoms with van der Waals surface area (Å²) in [5.74, 6) is 1.45. The third-order valence-corrected chi connectivity index (χ3v) is 6.10. The average molecular weight is 367 g/mol. The number of piperazine rings is 1. The number of ether oxygens (including phenoxy) is 1. The smallest absolute Gasteiger partial charge is 0.225 e. The van der Waals surface area contributed by atoms with Gasteiger partial charge in [0.15, 0.2) is 0 Å². The van der Waals surface area contributed by atoms with Crippen LogP contribution in [-0.2, 0) is 4.79 Å². The van der Waals surface area contributed by atoms with E-state index in [0.717, 1.165) is 55.7 Å². The molecule has 0 atom stereocenters. The lowest BCUT2D eigenvalue weighted by Crippen LogP contribution is -2.50. The Morgan fingerprint density at radius 1 is 1.11 bits per heavy atom. The van der Waals surface area contributed by atoms with Crippen molar-refractivity contribution in [1.82, 2.24) is 9.88 Å². The first-order chi connectivity index (χ1) is 13.2. The maximum Gasteiger partial charge on any atom is 0.225 e. The number of hydrogen-bond acceptors (Lipinski definition) is 4. The summed E-state index contributed by atoms with van der Waals surface area (Å²) in [4.78, 5) is 21.9. The van der Waals surface area contributed by atoms with Crippen molar-refractivity contribution in [3.63, 3.8) is 0 Å². The van der Waals surface area contributed by atoms with Crippen LogP contribution in [0, 0.1) is 12.8 Å². The monoisotopic (exact) mass is 367 g/mol. The Morgan fingerprint density at radius 3 is 2.56 bits per heavy atom. The first kappa shape index (κ1) is 18.1. The average Bonchev–Trinajstić information content (AvgIpc) is 2.73. The topological polar surface area (TPSA) is 45.7 Å². The molecule has 0 N–H and O–H groups in total. The van der Waals surface area contributed by atoms with Crippen LogP contribution < -0.4 is 9.64 Å². The number of methoxy groups -OCH3 is 1. The third-order valence-electron chi connectivity index (χ3n) is 6.10. The SMILES string of the molecule is COc1cccc2c(N3CCN(C(=O)C4CCCCC4)CC3)c(C)cnc12. The number of nitrogens with zero attached hydrogens (tertiary/aromatic N) is 3. The van der Waals surface area contributed by atoms with E-state index < -0.39 is 0 Å². The minimum atomic E-state index is 0.262. The van der Waals surface area contributed by atoms with Gasteiger partial charge >= 0.3 is 0 Å². The fourth-order valence-electron chi connectivity index (χ4n) is 4.62. The number of carbonyl (C=O) groups excluding carboxylic acids is 1. The van der Waals surface area contributed by atoms with Crippen LogP contribution in [0.15, 0.2) is 24.4 Å². The second-order valence-corrected chi connectivity index (χ2v) is 7.79. The number of benzene rings is 1. The van der Waals surface area contributed by atoms with E-state index in [1.165, 1.54) is 30.5 Å². The fourth-order valence-corrected chi connectivity index (χ4v) is 4.62. The van der Waals surface area contributed by atoms with Crippen LogP contribution in [0.5, 0.6) is 5.75 Å². The van der Waals surface area contributed by atoms with Gasteiger partial charge < -0.3 is 14.5 Å². The minimum Gasteiger partial charge on any atom is -0.494 e. The van der Waals surface area contributed by atoms with Crippen LogP contribution in [0.3, 0.4) is 0 Å².